The van der Waals surface area contributed by atoms with Crippen LogP contribution in [0.5, 0.6) is 0 Å². The first-order chi connectivity index (χ1) is 12.3. The van der Waals surface area contributed by atoms with Gasteiger partial charge in [-0.25, -0.2) is 9.18 Å². The number of benzene rings is 2. The monoisotopic (exact) mass is 356 g/mol. The van der Waals surface area contributed by atoms with Gasteiger partial charge >= 0.3 is 6.09 Å². The summed E-state index contributed by atoms with van der Waals surface area (Å²) in [6, 6.07) is 11.0. The molecule has 0 radical (unpaired) electrons. The highest BCUT2D eigenvalue weighted by Crippen LogP contribution is 2.31. The number of alkyl carbamates (subject to hydrolysis) is 1. The van der Waals surface area contributed by atoms with E-state index in [9.17, 15) is 9.18 Å². The lowest BCUT2D eigenvalue weighted by Crippen LogP contribution is -2.32. The maximum absolute atomic E-state index is 14.5. The molecule has 0 saturated heterocycles. The average molecular weight is 356 g/mol. The van der Waals surface area contributed by atoms with E-state index in [2.05, 4.69) is 10.6 Å². The summed E-state index contributed by atoms with van der Waals surface area (Å²) in [5, 5.41) is 6.05. The average Bonchev–Trinajstić information content (AvgIpc) is 2.59. The Bertz CT molecular complexity index is 795. The first kappa shape index (κ1) is 18.4. The fourth-order valence-corrected chi connectivity index (χ4v) is 3.14. The van der Waals surface area contributed by atoms with Crippen molar-refractivity contribution in [3.63, 3.8) is 0 Å². The smallest absolute Gasteiger partial charge is 0.407 e. The van der Waals surface area contributed by atoms with Gasteiger partial charge in [0.1, 0.15) is 11.4 Å². The molecule has 0 spiro atoms. The molecule has 0 bridgehead atoms. The third-order valence-electron chi connectivity index (χ3n) is 4.30. The number of amides is 1. The van der Waals surface area contributed by atoms with Gasteiger partial charge in [-0.2, -0.15) is 0 Å². The van der Waals surface area contributed by atoms with Gasteiger partial charge in [-0.3, -0.25) is 0 Å². The van der Waals surface area contributed by atoms with E-state index < -0.39 is 11.7 Å². The van der Waals surface area contributed by atoms with Gasteiger partial charge < -0.3 is 15.4 Å². The molecule has 2 aromatic carbocycles. The zero-order valence-electron chi connectivity index (χ0n) is 15.5. The third-order valence-corrected chi connectivity index (χ3v) is 4.30. The highest BCUT2D eigenvalue weighted by atomic mass is 19.1. The zero-order valence-corrected chi connectivity index (χ0v) is 15.5. The molecule has 5 heteroatoms. The number of fused-ring (bicyclic) bond motifs is 1. The van der Waals surface area contributed by atoms with Gasteiger partial charge in [0.2, 0.25) is 0 Å². The fraction of sp³-hybridized carbons (Fsp3) is 0.381. The number of ether oxygens (including phenoxy) is 1. The SMILES string of the molecule is CC(C)(C)OC(=O)NCc1ccc(-c2c(F)ccc3c2CCNC3)cc1. The number of nitrogens with one attached hydrogen (secondary N) is 2. The maximum Gasteiger partial charge on any atom is 0.407 e. The van der Waals surface area contributed by atoms with Crippen molar-refractivity contribution in [1.29, 1.82) is 0 Å². The molecule has 0 saturated carbocycles. The molecule has 1 aliphatic rings. The van der Waals surface area contributed by atoms with Crippen molar-refractivity contribution in [3.8, 4) is 11.1 Å². The maximum atomic E-state index is 14.5. The third kappa shape index (κ3) is 4.41. The topological polar surface area (TPSA) is 50.4 Å². The molecule has 0 aliphatic carbocycles. The van der Waals surface area contributed by atoms with Crippen molar-refractivity contribution in [1.82, 2.24) is 10.6 Å². The number of carbonyl (C=O) groups excluding carboxylic acids is 1. The Balaban J connectivity index is 1.74. The van der Waals surface area contributed by atoms with Crippen LogP contribution in [0.15, 0.2) is 36.4 Å². The van der Waals surface area contributed by atoms with E-state index in [0.717, 1.165) is 41.8 Å². The Hall–Kier alpha value is -2.40. The van der Waals surface area contributed by atoms with Gasteiger partial charge in [0, 0.05) is 18.7 Å². The Morgan fingerprint density at radius 2 is 1.92 bits per heavy atom. The van der Waals surface area contributed by atoms with Crippen LogP contribution in [0.1, 0.15) is 37.5 Å². The molecule has 0 unspecified atom stereocenters. The molecule has 0 aromatic heterocycles. The minimum Gasteiger partial charge on any atom is -0.444 e. The first-order valence-corrected chi connectivity index (χ1v) is 8.90. The van der Waals surface area contributed by atoms with Crippen molar-refractivity contribution in [2.45, 2.75) is 45.9 Å². The zero-order chi connectivity index (χ0) is 18.7. The van der Waals surface area contributed by atoms with Crippen LogP contribution in [-0.4, -0.2) is 18.2 Å². The number of hydrogen-bond acceptors (Lipinski definition) is 3. The fourth-order valence-electron chi connectivity index (χ4n) is 3.14. The molecule has 2 N–H and O–H groups in total. The van der Waals surface area contributed by atoms with E-state index in [0.29, 0.717) is 12.1 Å². The summed E-state index contributed by atoms with van der Waals surface area (Å²) >= 11 is 0. The van der Waals surface area contributed by atoms with Crippen molar-refractivity contribution in [2.75, 3.05) is 6.54 Å². The lowest BCUT2D eigenvalue weighted by atomic mass is 9.90. The normalized spacial score (nSPS) is 13.8. The lowest BCUT2D eigenvalue weighted by molar-refractivity contribution is 0.0523. The first-order valence-electron chi connectivity index (χ1n) is 8.90. The minimum absolute atomic E-state index is 0.190. The summed E-state index contributed by atoms with van der Waals surface area (Å²) in [6.45, 7) is 7.49. The van der Waals surface area contributed by atoms with Gasteiger partial charge in [0.05, 0.1) is 0 Å². The van der Waals surface area contributed by atoms with Gasteiger partial charge in [-0.1, -0.05) is 30.3 Å². The second-order valence-corrected chi connectivity index (χ2v) is 7.54. The van der Waals surface area contributed by atoms with Crippen LogP contribution in [0.2, 0.25) is 0 Å². The summed E-state index contributed by atoms with van der Waals surface area (Å²) in [7, 11) is 0. The van der Waals surface area contributed by atoms with Crippen LogP contribution in [0.25, 0.3) is 11.1 Å². The van der Waals surface area contributed by atoms with Crippen LogP contribution in [0.3, 0.4) is 0 Å². The molecule has 3 rings (SSSR count). The summed E-state index contributed by atoms with van der Waals surface area (Å²) < 4.78 is 19.7. The molecule has 1 aliphatic heterocycles. The molecule has 0 fully saturated rings. The standard InChI is InChI=1S/C21H25FN2O2/c1-21(2,3)26-20(25)24-12-14-4-6-15(7-5-14)19-17-10-11-23-13-16(17)8-9-18(19)22/h4-9,23H,10-13H2,1-3H3,(H,24,25). The van der Waals surface area contributed by atoms with Gasteiger partial charge in [0.15, 0.2) is 0 Å². The van der Waals surface area contributed by atoms with Crippen molar-refractivity contribution < 1.29 is 13.9 Å². The molecular formula is C21H25FN2O2. The number of rotatable bonds is 3. The second-order valence-electron chi connectivity index (χ2n) is 7.54. The van der Waals surface area contributed by atoms with E-state index in [1.54, 1.807) is 6.07 Å². The summed E-state index contributed by atoms with van der Waals surface area (Å²) in [5.74, 6) is -0.190. The summed E-state index contributed by atoms with van der Waals surface area (Å²) in [5.41, 5.74) is 4.21. The summed E-state index contributed by atoms with van der Waals surface area (Å²) in [4.78, 5) is 11.7. The molecule has 138 valence electrons. The number of hydrogen-bond donors (Lipinski definition) is 2. The van der Waals surface area contributed by atoms with Crippen LogP contribution in [0, 0.1) is 5.82 Å². The van der Waals surface area contributed by atoms with Crippen molar-refractivity contribution >= 4 is 6.09 Å². The second kappa shape index (κ2) is 7.46. The molecule has 2 aromatic rings. The highest BCUT2D eigenvalue weighted by Gasteiger charge is 2.18. The highest BCUT2D eigenvalue weighted by molar-refractivity contribution is 5.70. The molecule has 1 amide bonds. The number of halogens is 1. The quantitative estimate of drug-likeness (QED) is 0.868. The Kier molecular flexibility index (Phi) is 5.28. The predicted molar refractivity (Wildman–Crippen MR) is 100 cm³/mol. The molecule has 0 atom stereocenters. The molecular weight excluding hydrogens is 331 g/mol. The van der Waals surface area contributed by atoms with Crippen LogP contribution < -0.4 is 10.6 Å². The van der Waals surface area contributed by atoms with Crippen LogP contribution >= 0.6 is 0 Å². The van der Waals surface area contributed by atoms with E-state index in [4.69, 9.17) is 4.74 Å². The van der Waals surface area contributed by atoms with Crippen molar-refractivity contribution in [3.05, 3.63) is 58.9 Å². The largest absolute Gasteiger partial charge is 0.444 e. The molecule has 4 nitrogen and oxygen atoms in total. The Labute approximate surface area is 153 Å². The Morgan fingerprint density at radius 1 is 1.19 bits per heavy atom. The predicted octanol–water partition coefficient (Wildman–Crippen LogP) is 4.16. The van der Waals surface area contributed by atoms with Gasteiger partial charge in [-0.05, 0) is 62.1 Å². The Morgan fingerprint density at radius 3 is 2.62 bits per heavy atom. The van der Waals surface area contributed by atoms with Gasteiger partial charge in [-0.15, -0.1) is 0 Å². The molecule has 26 heavy (non-hydrogen) atoms. The van der Waals surface area contributed by atoms with E-state index in [1.165, 1.54) is 0 Å². The van der Waals surface area contributed by atoms with Crippen molar-refractivity contribution in [2.24, 2.45) is 0 Å². The van der Waals surface area contributed by atoms with E-state index in [1.807, 2.05) is 51.1 Å². The number of carbonyl (C=O) groups is 1. The molecule has 1 heterocycles. The van der Waals surface area contributed by atoms with Gasteiger partial charge in [0.25, 0.3) is 0 Å². The van der Waals surface area contributed by atoms with Crippen LogP contribution in [0.4, 0.5) is 9.18 Å². The lowest BCUT2D eigenvalue weighted by Gasteiger charge is -2.21. The van der Waals surface area contributed by atoms with E-state index in [-0.39, 0.29) is 5.82 Å². The van der Waals surface area contributed by atoms with Crippen LogP contribution in [-0.2, 0) is 24.2 Å². The van der Waals surface area contributed by atoms with E-state index >= 15 is 0 Å². The summed E-state index contributed by atoms with van der Waals surface area (Å²) in [6.07, 6.45) is 0.377. The minimum atomic E-state index is -0.521.